The summed E-state index contributed by atoms with van der Waals surface area (Å²) >= 11 is 10.9. The molecule has 0 fully saturated rings. The maximum absolute atomic E-state index is 6.07. The molecule has 21 heavy (non-hydrogen) atoms. The molecule has 0 saturated carbocycles. The monoisotopic (exact) mass is 323 g/mol. The van der Waals surface area contributed by atoms with Crippen molar-refractivity contribution >= 4 is 40.2 Å². The minimum Gasteiger partial charge on any atom is -0.495 e. The van der Waals surface area contributed by atoms with E-state index >= 15 is 0 Å². The van der Waals surface area contributed by atoms with Crippen LogP contribution in [0.3, 0.4) is 0 Å². The van der Waals surface area contributed by atoms with Gasteiger partial charge in [-0.05, 0) is 12.1 Å². The Balaban J connectivity index is 2.31. The molecule has 2 rings (SSSR count). The number of ether oxygens (including phenoxy) is 2. The molecule has 0 bridgehead atoms. The molecule has 1 aromatic carbocycles. The molecule has 0 aliphatic heterocycles. The van der Waals surface area contributed by atoms with Gasteiger partial charge in [-0.15, -0.1) is 0 Å². The van der Waals surface area contributed by atoms with Crippen LogP contribution in [0.25, 0.3) is 0 Å². The van der Waals surface area contributed by atoms with Gasteiger partial charge in [0.1, 0.15) is 16.5 Å². The van der Waals surface area contributed by atoms with Crippen LogP contribution in [0.1, 0.15) is 5.69 Å². The molecule has 3 N–H and O–H groups in total. The molecule has 0 spiro atoms. The van der Waals surface area contributed by atoms with Crippen LogP contribution < -0.4 is 20.5 Å². The van der Waals surface area contributed by atoms with Gasteiger partial charge in [-0.2, -0.15) is 0 Å². The summed E-state index contributed by atoms with van der Waals surface area (Å²) in [5, 5.41) is 3.66. The minimum absolute atomic E-state index is 0.257. The summed E-state index contributed by atoms with van der Waals surface area (Å²) in [4.78, 5) is 4.42. The first kappa shape index (κ1) is 15.3. The Morgan fingerprint density at radius 2 is 1.95 bits per heavy atom. The molecule has 1 heterocycles. The Morgan fingerprint density at radius 1 is 1.24 bits per heavy atom. The molecule has 7 heteroatoms. The lowest BCUT2D eigenvalue weighted by Gasteiger charge is -2.14. The van der Waals surface area contributed by atoms with Gasteiger partial charge >= 0.3 is 0 Å². The zero-order valence-corrected chi connectivity index (χ0v) is 13.1. The predicted octanol–water partition coefficient (Wildman–Crippen LogP) is 3.13. The number of thiocarbonyl (C=S) groups is 1. The van der Waals surface area contributed by atoms with E-state index in [9.17, 15) is 0 Å². The van der Waals surface area contributed by atoms with Gasteiger partial charge in [-0.1, -0.05) is 23.8 Å². The third kappa shape index (κ3) is 3.53. The molecule has 0 saturated heterocycles. The van der Waals surface area contributed by atoms with E-state index in [2.05, 4.69) is 10.3 Å². The number of hydrogen-bond donors (Lipinski definition) is 2. The number of rotatable bonds is 5. The van der Waals surface area contributed by atoms with Crippen molar-refractivity contribution in [3.05, 3.63) is 41.2 Å². The van der Waals surface area contributed by atoms with Crippen molar-refractivity contribution in [1.29, 1.82) is 0 Å². The first-order chi connectivity index (χ1) is 10.0. The van der Waals surface area contributed by atoms with Crippen LogP contribution in [-0.2, 0) is 0 Å². The molecule has 2 aromatic rings. The zero-order chi connectivity index (χ0) is 15.4. The lowest BCUT2D eigenvalue weighted by Crippen LogP contribution is -2.11. The highest BCUT2D eigenvalue weighted by atomic mass is 35.5. The minimum atomic E-state index is 0.257. The second kappa shape index (κ2) is 6.60. The van der Waals surface area contributed by atoms with Gasteiger partial charge in [-0.3, -0.25) is 4.98 Å². The number of nitrogens with zero attached hydrogens (tertiary/aromatic N) is 1. The van der Waals surface area contributed by atoms with E-state index in [-0.39, 0.29) is 4.99 Å². The smallest absolute Gasteiger partial charge is 0.144 e. The zero-order valence-electron chi connectivity index (χ0n) is 11.5. The average molecular weight is 324 g/mol. The molecular formula is C14H14ClN3O2S. The highest BCUT2D eigenvalue weighted by molar-refractivity contribution is 7.80. The van der Waals surface area contributed by atoms with Crippen LogP contribution in [0.4, 0.5) is 11.4 Å². The maximum atomic E-state index is 6.07. The standard InChI is InChI=1S/C14H14ClN3O2S/c1-19-12-6-11(13(20-2)5-9(12)15)18-8-3-4-10(14(16)21)17-7-8/h3-7,18H,1-2H3,(H2,16,21). The molecule has 0 atom stereocenters. The van der Waals surface area contributed by atoms with Crippen molar-refractivity contribution in [2.24, 2.45) is 5.73 Å². The second-order valence-corrected chi connectivity index (χ2v) is 4.96. The third-order valence-electron chi connectivity index (χ3n) is 2.77. The molecule has 0 amide bonds. The van der Waals surface area contributed by atoms with Crippen molar-refractivity contribution in [2.75, 3.05) is 19.5 Å². The van der Waals surface area contributed by atoms with Gasteiger partial charge in [0.05, 0.1) is 42.5 Å². The van der Waals surface area contributed by atoms with Crippen LogP contribution in [0.2, 0.25) is 5.02 Å². The number of benzene rings is 1. The van der Waals surface area contributed by atoms with Gasteiger partial charge in [0.15, 0.2) is 0 Å². The molecule has 0 aliphatic carbocycles. The fourth-order valence-electron chi connectivity index (χ4n) is 1.73. The normalized spacial score (nSPS) is 10.0. The first-order valence-electron chi connectivity index (χ1n) is 5.99. The van der Waals surface area contributed by atoms with E-state index in [0.29, 0.717) is 27.9 Å². The van der Waals surface area contributed by atoms with E-state index in [1.165, 1.54) is 0 Å². The Labute approximate surface area is 133 Å². The maximum Gasteiger partial charge on any atom is 0.144 e. The third-order valence-corrected chi connectivity index (χ3v) is 3.27. The fourth-order valence-corrected chi connectivity index (χ4v) is 2.08. The van der Waals surface area contributed by atoms with E-state index in [1.54, 1.807) is 38.6 Å². The molecule has 0 aliphatic rings. The number of methoxy groups -OCH3 is 2. The number of pyridine rings is 1. The van der Waals surface area contributed by atoms with E-state index in [0.717, 1.165) is 5.69 Å². The Morgan fingerprint density at radius 3 is 2.48 bits per heavy atom. The van der Waals surface area contributed by atoms with Gasteiger partial charge < -0.3 is 20.5 Å². The summed E-state index contributed by atoms with van der Waals surface area (Å²) in [5.41, 5.74) is 7.55. The van der Waals surface area contributed by atoms with Crippen LogP contribution in [0.5, 0.6) is 11.5 Å². The van der Waals surface area contributed by atoms with Crippen LogP contribution in [0.15, 0.2) is 30.5 Å². The average Bonchev–Trinajstić information content (AvgIpc) is 2.49. The SMILES string of the molecule is COc1cc(Nc2ccc(C(N)=S)nc2)c(OC)cc1Cl. The van der Waals surface area contributed by atoms with Crippen LogP contribution in [-0.4, -0.2) is 24.2 Å². The predicted molar refractivity (Wildman–Crippen MR) is 88.0 cm³/mol. The number of aromatic nitrogens is 1. The summed E-state index contributed by atoms with van der Waals surface area (Å²) in [6, 6.07) is 6.99. The van der Waals surface area contributed by atoms with Gasteiger partial charge in [-0.25, -0.2) is 0 Å². The topological polar surface area (TPSA) is 69.4 Å². The Hall–Kier alpha value is -2.05. The van der Waals surface area contributed by atoms with Crippen molar-refractivity contribution < 1.29 is 9.47 Å². The summed E-state index contributed by atoms with van der Waals surface area (Å²) in [6.07, 6.45) is 1.63. The highest BCUT2D eigenvalue weighted by Gasteiger charge is 2.10. The largest absolute Gasteiger partial charge is 0.495 e. The molecule has 0 unspecified atom stereocenters. The van der Waals surface area contributed by atoms with Crippen molar-refractivity contribution in [3.63, 3.8) is 0 Å². The van der Waals surface area contributed by atoms with Crippen LogP contribution in [0, 0.1) is 0 Å². The quantitative estimate of drug-likeness (QED) is 0.824. The highest BCUT2D eigenvalue weighted by Crippen LogP contribution is 2.37. The van der Waals surface area contributed by atoms with Crippen molar-refractivity contribution in [3.8, 4) is 11.5 Å². The van der Waals surface area contributed by atoms with Gasteiger partial charge in [0, 0.05) is 12.1 Å². The lowest BCUT2D eigenvalue weighted by molar-refractivity contribution is 0.405. The molecule has 110 valence electrons. The van der Waals surface area contributed by atoms with Gasteiger partial charge in [0.2, 0.25) is 0 Å². The number of anilines is 2. The number of hydrogen-bond acceptors (Lipinski definition) is 5. The summed E-state index contributed by atoms with van der Waals surface area (Å²) in [5.74, 6) is 1.15. The number of halogens is 1. The van der Waals surface area contributed by atoms with E-state index in [1.807, 2.05) is 6.07 Å². The van der Waals surface area contributed by atoms with E-state index < -0.39 is 0 Å². The summed E-state index contributed by atoms with van der Waals surface area (Å²) in [7, 11) is 3.12. The van der Waals surface area contributed by atoms with Gasteiger partial charge in [0.25, 0.3) is 0 Å². The molecule has 5 nitrogen and oxygen atoms in total. The fraction of sp³-hybridized carbons (Fsp3) is 0.143. The lowest BCUT2D eigenvalue weighted by atomic mass is 10.2. The Kier molecular flexibility index (Phi) is 4.82. The summed E-state index contributed by atoms with van der Waals surface area (Å²) < 4.78 is 10.5. The van der Waals surface area contributed by atoms with Crippen LogP contribution >= 0.6 is 23.8 Å². The number of nitrogens with one attached hydrogen (secondary N) is 1. The first-order valence-corrected chi connectivity index (χ1v) is 6.78. The second-order valence-electron chi connectivity index (χ2n) is 4.11. The van der Waals surface area contributed by atoms with Crippen molar-refractivity contribution in [2.45, 2.75) is 0 Å². The summed E-state index contributed by atoms with van der Waals surface area (Å²) in [6.45, 7) is 0. The van der Waals surface area contributed by atoms with Crippen molar-refractivity contribution in [1.82, 2.24) is 4.98 Å². The molecule has 0 radical (unpaired) electrons. The Bertz CT molecular complexity index is 662. The molecule has 1 aromatic heterocycles. The van der Waals surface area contributed by atoms with E-state index in [4.69, 9.17) is 39.0 Å². The molecular weight excluding hydrogens is 310 g/mol. The number of nitrogens with two attached hydrogens (primary N) is 1.